The smallest absolute Gasteiger partial charge is 0.0699 e. The minimum atomic E-state index is -0.153. The van der Waals surface area contributed by atoms with Crippen LogP contribution in [0.25, 0.3) is 33.0 Å². The Morgan fingerprint density at radius 3 is 1.69 bits per heavy atom. The first-order valence-corrected chi connectivity index (χ1v) is 17.3. The van der Waals surface area contributed by atoms with Gasteiger partial charge in [0, 0.05) is 29.1 Å². The zero-order valence-corrected chi connectivity index (χ0v) is 29.3. The highest BCUT2D eigenvalue weighted by molar-refractivity contribution is 6.11. The highest BCUT2D eigenvalue weighted by atomic mass is 15.2. The van der Waals surface area contributed by atoms with Crippen LogP contribution in [-0.4, -0.2) is 7.05 Å². The monoisotopic (exact) mass is 634 g/mol. The molecule has 0 atom stereocenters. The summed E-state index contributed by atoms with van der Waals surface area (Å²) in [6, 6.07) is 53.5. The molecule has 2 nitrogen and oxygen atoms in total. The molecule has 240 valence electrons. The molecule has 0 radical (unpaired) electrons. The number of hydrogen-bond donors (Lipinski definition) is 0. The summed E-state index contributed by atoms with van der Waals surface area (Å²) in [6.07, 6.45) is 0. The van der Waals surface area contributed by atoms with Crippen LogP contribution in [0.1, 0.15) is 41.7 Å². The molecule has 49 heavy (non-hydrogen) atoms. The second kappa shape index (κ2) is 11.8. The highest BCUT2D eigenvalue weighted by Gasteiger charge is 2.38. The lowest BCUT2D eigenvalue weighted by Gasteiger charge is -2.35. The summed E-state index contributed by atoms with van der Waals surface area (Å²) in [5.41, 5.74) is 17.4. The van der Waals surface area contributed by atoms with E-state index in [-0.39, 0.29) is 5.41 Å². The lowest BCUT2D eigenvalue weighted by Crippen LogP contribution is -2.20. The maximum Gasteiger partial charge on any atom is 0.0699 e. The summed E-state index contributed by atoms with van der Waals surface area (Å²) in [6.45, 7) is 11.4. The average molecular weight is 635 g/mol. The topological polar surface area (TPSA) is 6.48 Å². The molecule has 0 fully saturated rings. The van der Waals surface area contributed by atoms with Crippen LogP contribution in [0.5, 0.6) is 0 Å². The van der Waals surface area contributed by atoms with Gasteiger partial charge in [-0.05, 0) is 101 Å². The van der Waals surface area contributed by atoms with E-state index in [1.807, 2.05) is 0 Å². The van der Waals surface area contributed by atoms with Crippen LogP contribution in [0.2, 0.25) is 0 Å². The van der Waals surface area contributed by atoms with Gasteiger partial charge in [0.25, 0.3) is 0 Å². The average Bonchev–Trinajstić information content (AvgIpc) is 3.35. The predicted molar refractivity (Wildman–Crippen MR) is 210 cm³/mol. The Hall–Kier alpha value is -5.60. The molecule has 1 aliphatic carbocycles. The van der Waals surface area contributed by atoms with E-state index < -0.39 is 0 Å². The zero-order valence-electron chi connectivity index (χ0n) is 29.3. The predicted octanol–water partition coefficient (Wildman–Crippen LogP) is 13.0. The maximum absolute atomic E-state index is 2.54. The minimum absolute atomic E-state index is 0.153. The molecule has 7 aromatic rings. The van der Waals surface area contributed by atoms with Crippen molar-refractivity contribution in [1.82, 2.24) is 0 Å². The van der Waals surface area contributed by atoms with Gasteiger partial charge in [0.15, 0.2) is 0 Å². The molecule has 0 heterocycles. The molecule has 0 aliphatic heterocycles. The van der Waals surface area contributed by atoms with Crippen molar-refractivity contribution in [3.05, 3.63) is 173 Å². The minimum Gasteiger partial charge on any atom is -0.343 e. The van der Waals surface area contributed by atoms with Gasteiger partial charge >= 0.3 is 0 Å². The van der Waals surface area contributed by atoms with Gasteiger partial charge < -0.3 is 9.80 Å². The van der Waals surface area contributed by atoms with Crippen molar-refractivity contribution < 1.29 is 0 Å². The van der Waals surface area contributed by atoms with E-state index in [0.717, 1.165) is 11.4 Å². The van der Waals surface area contributed by atoms with Crippen LogP contribution in [-0.2, 0) is 5.41 Å². The second-order valence-corrected chi connectivity index (χ2v) is 14.0. The summed E-state index contributed by atoms with van der Waals surface area (Å²) in [7, 11) is 2.19. The van der Waals surface area contributed by atoms with Crippen molar-refractivity contribution in [2.24, 2.45) is 0 Å². The first-order valence-electron chi connectivity index (χ1n) is 17.3. The Bertz CT molecular complexity index is 2380. The first-order chi connectivity index (χ1) is 23.8. The van der Waals surface area contributed by atoms with Crippen molar-refractivity contribution in [1.29, 1.82) is 0 Å². The first kappa shape index (κ1) is 30.7. The van der Waals surface area contributed by atoms with Crippen LogP contribution >= 0.6 is 0 Å². The summed E-state index contributed by atoms with van der Waals surface area (Å²) in [4.78, 5) is 4.89. The van der Waals surface area contributed by atoms with Crippen molar-refractivity contribution in [3.8, 4) is 22.3 Å². The Morgan fingerprint density at radius 2 is 0.959 bits per heavy atom. The number of fused-ring (bicyclic) bond motifs is 5. The molecule has 1 aliphatic rings. The molecular weight excluding hydrogens is 593 g/mol. The van der Waals surface area contributed by atoms with E-state index in [9.17, 15) is 0 Å². The fourth-order valence-electron chi connectivity index (χ4n) is 8.15. The Kier molecular flexibility index (Phi) is 7.41. The van der Waals surface area contributed by atoms with Gasteiger partial charge in [0.1, 0.15) is 0 Å². The Morgan fingerprint density at radius 1 is 0.408 bits per heavy atom. The molecule has 8 rings (SSSR count). The van der Waals surface area contributed by atoms with Crippen LogP contribution < -0.4 is 9.80 Å². The van der Waals surface area contributed by atoms with E-state index in [1.54, 1.807) is 0 Å². The maximum atomic E-state index is 2.54. The van der Waals surface area contributed by atoms with Gasteiger partial charge in [-0.3, -0.25) is 0 Å². The third kappa shape index (κ3) is 4.85. The number of rotatable bonds is 6. The van der Waals surface area contributed by atoms with Crippen LogP contribution in [0.3, 0.4) is 0 Å². The molecular formula is C47H42N2. The molecule has 0 bridgehead atoms. The van der Waals surface area contributed by atoms with E-state index in [4.69, 9.17) is 0 Å². The van der Waals surface area contributed by atoms with Crippen LogP contribution in [0.4, 0.5) is 28.4 Å². The largest absolute Gasteiger partial charge is 0.343 e. The summed E-state index contributed by atoms with van der Waals surface area (Å²) in [5.74, 6) is 0. The van der Waals surface area contributed by atoms with E-state index in [1.165, 1.54) is 77.9 Å². The van der Waals surface area contributed by atoms with Crippen molar-refractivity contribution >= 4 is 39.2 Å². The number of nitrogens with zero attached hydrogens (tertiary/aromatic N) is 2. The third-order valence-electron chi connectivity index (χ3n) is 10.7. The van der Waals surface area contributed by atoms with Gasteiger partial charge in [0.2, 0.25) is 0 Å². The molecule has 0 saturated carbocycles. The molecule has 0 saturated heterocycles. The van der Waals surface area contributed by atoms with Crippen molar-refractivity contribution in [3.63, 3.8) is 0 Å². The third-order valence-corrected chi connectivity index (χ3v) is 10.7. The fraction of sp³-hybridized carbons (Fsp3) is 0.149. The Balaban J connectivity index is 1.49. The lowest BCUT2D eigenvalue weighted by atomic mass is 9.81. The zero-order chi connectivity index (χ0) is 33.9. The quantitative estimate of drug-likeness (QED) is 0.180. The van der Waals surface area contributed by atoms with Gasteiger partial charge in [-0.2, -0.15) is 0 Å². The fourth-order valence-corrected chi connectivity index (χ4v) is 8.15. The SMILES string of the molecule is Cc1ccccc1-c1c(C)cccc1N(c1ccccc1N(C)c1ccccc1C)c1cc2c(c3ccccc13)-c1ccccc1C2(C)C. The Labute approximate surface area is 290 Å². The van der Waals surface area contributed by atoms with Crippen molar-refractivity contribution in [2.75, 3.05) is 16.8 Å². The molecule has 0 amide bonds. The van der Waals surface area contributed by atoms with Gasteiger partial charge in [-0.15, -0.1) is 0 Å². The molecule has 0 unspecified atom stereocenters. The van der Waals surface area contributed by atoms with Gasteiger partial charge in [-0.1, -0.05) is 129 Å². The molecule has 0 spiro atoms. The normalized spacial score (nSPS) is 12.9. The summed E-state index contributed by atoms with van der Waals surface area (Å²) >= 11 is 0. The lowest BCUT2D eigenvalue weighted by molar-refractivity contribution is 0.661. The van der Waals surface area contributed by atoms with Crippen LogP contribution in [0, 0.1) is 20.8 Å². The number of aryl methyl sites for hydroxylation is 3. The summed E-state index contributed by atoms with van der Waals surface area (Å²) in [5, 5.41) is 2.52. The number of anilines is 5. The van der Waals surface area contributed by atoms with E-state index in [0.29, 0.717) is 0 Å². The standard InChI is InChI=1S/C47H42N2/c1-31-18-7-9-21-34(31)45-33(3)20-17-29-43(45)49(42-28-16-15-27-41(42)48(6)40-26-14-8-19-32(40)2)44-30-39-46(36-23-11-10-22-35(36)44)37-24-12-13-25-38(37)47(39,4)5/h7-30H,1-6H3. The van der Waals surface area contributed by atoms with Gasteiger partial charge in [-0.25, -0.2) is 0 Å². The molecule has 7 aromatic carbocycles. The van der Waals surface area contributed by atoms with E-state index in [2.05, 4.69) is 197 Å². The molecule has 0 aromatic heterocycles. The van der Waals surface area contributed by atoms with Crippen LogP contribution in [0.15, 0.2) is 146 Å². The highest BCUT2D eigenvalue weighted by Crippen LogP contribution is 2.56. The summed E-state index contributed by atoms with van der Waals surface area (Å²) < 4.78 is 0. The molecule has 2 heteroatoms. The molecule has 0 N–H and O–H groups in total. The van der Waals surface area contributed by atoms with Crippen molar-refractivity contribution in [2.45, 2.75) is 40.0 Å². The number of para-hydroxylation sites is 3. The second-order valence-electron chi connectivity index (χ2n) is 14.0. The number of hydrogen-bond acceptors (Lipinski definition) is 2. The number of benzene rings is 7. The van der Waals surface area contributed by atoms with Gasteiger partial charge in [0.05, 0.1) is 22.7 Å². The van der Waals surface area contributed by atoms with E-state index >= 15 is 0 Å².